The Morgan fingerprint density at radius 2 is 1.49 bits per heavy atom. The fraction of sp³-hybridized carbons (Fsp3) is 0.718. The van der Waals surface area contributed by atoms with Gasteiger partial charge in [0.15, 0.2) is 39.0 Å². The number of methoxy groups -OCH3 is 1. The minimum atomic E-state index is -2.39. The lowest BCUT2D eigenvalue weighted by Gasteiger charge is -2.52. The Kier molecular flexibility index (Phi) is 11.9. The molecule has 2 saturated carbocycles. The quantitative estimate of drug-likeness (QED) is 0.134. The molecule has 1 saturated heterocycles. The molecule has 14 heteroatoms. The molecule has 11 atom stereocenters. The van der Waals surface area contributed by atoms with E-state index in [-0.39, 0.29) is 28.9 Å². The Labute approximate surface area is 313 Å². The zero-order chi connectivity index (χ0) is 39.2. The summed E-state index contributed by atoms with van der Waals surface area (Å²) in [4.78, 5) is 62.2. The number of hydrogen-bond acceptors (Lipinski definition) is 13. The number of esters is 5. The van der Waals surface area contributed by atoms with Crippen molar-refractivity contribution in [2.24, 2.45) is 17.3 Å². The van der Waals surface area contributed by atoms with E-state index in [9.17, 15) is 24.0 Å². The van der Waals surface area contributed by atoms with Crippen molar-refractivity contribution in [1.29, 1.82) is 0 Å². The van der Waals surface area contributed by atoms with Crippen LogP contribution in [0.15, 0.2) is 18.2 Å². The second-order valence-electron chi connectivity index (χ2n) is 16.8. The first-order valence-corrected chi connectivity index (χ1v) is 21.5. The Balaban J connectivity index is 1.55. The topological polar surface area (TPSA) is 159 Å². The van der Waals surface area contributed by atoms with Crippen LogP contribution in [0.1, 0.15) is 98.1 Å². The van der Waals surface area contributed by atoms with Gasteiger partial charge in [-0.3, -0.25) is 19.2 Å². The standard InChI is InChI=1S/C39H56O13Si/c1-20(40)46-25-13-15-26-24(18-25)12-14-28-27(26)16-17-39(8)29(28)19-30(52-53(10,11)38(5,6)7)35(39)51-37-34(49-23(4)43)32(48-22(3)42)31(47-21(2)41)33(50-37)36(44)45-9/h13,15,18,27-35,37H,12,14,16-17,19H2,1-11H3/t27-,28-,29+,30-,31+,32+,33+,34-,35+,37+,39+/m1/s1. The lowest BCUT2D eigenvalue weighted by atomic mass is 9.55. The van der Waals surface area contributed by atoms with E-state index in [1.54, 1.807) is 0 Å². The molecule has 0 unspecified atom stereocenters. The minimum absolute atomic E-state index is 0.118. The molecule has 1 aliphatic heterocycles. The molecule has 0 bridgehead atoms. The molecule has 0 aromatic heterocycles. The van der Waals surface area contributed by atoms with E-state index in [0.29, 0.717) is 18.1 Å². The van der Waals surface area contributed by atoms with Gasteiger partial charge in [-0.2, -0.15) is 0 Å². The number of carbonyl (C=O) groups is 5. The van der Waals surface area contributed by atoms with Gasteiger partial charge in [0.1, 0.15) is 5.75 Å². The van der Waals surface area contributed by atoms with Crippen LogP contribution in [0.5, 0.6) is 5.75 Å². The van der Waals surface area contributed by atoms with E-state index < -0.39 is 74.4 Å². The molecule has 13 nitrogen and oxygen atoms in total. The zero-order valence-corrected chi connectivity index (χ0v) is 33.8. The van der Waals surface area contributed by atoms with Crippen molar-refractivity contribution < 1.29 is 61.6 Å². The number of aryl methyl sites for hydroxylation is 1. The van der Waals surface area contributed by atoms with Gasteiger partial charge >= 0.3 is 29.8 Å². The molecule has 5 rings (SSSR count). The van der Waals surface area contributed by atoms with Crippen molar-refractivity contribution in [3.8, 4) is 5.75 Å². The average molecular weight is 761 g/mol. The number of carbonyl (C=O) groups excluding carboxylic acids is 5. The van der Waals surface area contributed by atoms with Crippen LogP contribution in [-0.4, -0.2) is 88.2 Å². The molecule has 0 N–H and O–H groups in total. The summed E-state index contributed by atoms with van der Waals surface area (Å²) in [6.07, 6.45) is -4.15. The van der Waals surface area contributed by atoms with Gasteiger partial charge in [0, 0.05) is 27.7 Å². The van der Waals surface area contributed by atoms with Gasteiger partial charge in [0.05, 0.1) is 19.3 Å². The minimum Gasteiger partial charge on any atom is -0.467 e. The average Bonchev–Trinajstić information content (AvgIpc) is 3.31. The maximum atomic E-state index is 13.2. The molecule has 3 fully saturated rings. The highest BCUT2D eigenvalue weighted by Gasteiger charge is 2.63. The van der Waals surface area contributed by atoms with E-state index in [1.807, 2.05) is 12.1 Å². The van der Waals surface area contributed by atoms with Crippen molar-refractivity contribution in [2.75, 3.05) is 7.11 Å². The van der Waals surface area contributed by atoms with Gasteiger partial charge in [-0.1, -0.05) is 33.8 Å². The molecule has 1 heterocycles. The summed E-state index contributed by atoms with van der Waals surface area (Å²) >= 11 is 0. The fourth-order valence-electron chi connectivity index (χ4n) is 8.97. The van der Waals surface area contributed by atoms with Gasteiger partial charge < -0.3 is 37.6 Å². The van der Waals surface area contributed by atoms with Gasteiger partial charge in [-0.15, -0.1) is 0 Å². The van der Waals surface area contributed by atoms with E-state index in [1.165, 1.54) is 25.0 Å². The predicted molar refractivity (Wildman–Crippen MR) is 192 cm³/mol. The maximum absolute atomic E-state index is 13.2. The largest absolute Gasteiger partial charge is 0.467 e. The number of rotatable bonds is 9. The second kappa shape index (κ2) is 15.4. The number of benzene rings is 1. The van der Waals surface area contributed by atoms with Crippen LogP contribution >= 0.6 is 0 Å². The first-order valence-electron chi connectivity index (χ1n) is 18.6. The third-order valence-electron chi connectivity index (χ3n) is 12.2. The summed E-state index contributed by atoms with van der Waals surface area (Å²) in [5.41, 5.74) is 2.04. The molecular formula is C39H56O13Si. The zero-order valence-electron chi connectivity index (χ0n) is 32.8. The van der Waals surface area contributed by atoms with Gasteiger partial charge in [-0.05, 0) is 96.7 Å². The van der Waals surface area contributed by atoms with Crippen LogP contribution in [0.25, 0.3) is 0 Å². The Hall–Kier alpha value is -3.33. The molecule has 294 valence electrons. The molecule has 0 spiro atoms. The summed E-state index contributed by atoms with van der Waals surface area (Å²) in [7, 11) is -1.23. The third kappa shape index (κ3) is 8.35. The van der Waals surface area contributed by atoms with Gasteiger partial charge in [-0.25, -0.2) is 4.79 Å². The Bertz CT molecular complexity index is 1580. The lowest BCUT2D eigenvalue weighted by Crippen LogP contribution is -2.65. The molecule has 53 heavy (non-hydrogen) atoms. The van der Waals surface area contributed by atoms with Crippen LogP contribution in [0.4, 0.5) is 0 Å². The third-order valence-corrected chi connectivity index (χ3v) is 16.7. The normalized spacial score (nSPS) is 33.7. The number of ether oxygens (including phenoxy) is 7. The van der Waals surface area contributed by atoms with E-state index in [4.69, 9.17) is 37.6 Å². The van der Waals surface area contributed by atoms with E-state index >= 15 is 0 Å². The lowest BCUT2D eigenvalue weighted by molar-refractivity contribution is -0.321. The van der Waals surface area contributed by atoms with Crippen LogP contribution in [0.3, 0.4) is 0 Å². The highest BCUT2D eigenvalue weighted by molar-refractivity contribution is 6.74. The van der Waals surface area contributed by atoms with E-state index in [2.05, 4.69) is 46.9 Å². The molecule has 0 amide bonds. The summed E-state index contributed by atoms with van der Waals surface area (Å²) in [5.74, 6) is -2.16. The SMILES string of the molecule is COC(=O)[C@H]1O[C@@H](O[C@H]2[C@H](O[Si](C)(C)C(C)(C)C)C[C@H]3[C@@H]4CCc5cc(OC(C)=O)ccc5[C@H]4CC[C@@]32C)[C@H](OC(C)=O)[C@@H](OC(C)=O)[C@@H]1OC(C)=O. The van der Waals surface area contributed by atoms with Crippen LogP contribution in [-0.2, 0) is 63.2 Å². The monoisotopic (exact) mass is 760 g/mol. The molecule has 1 aromatic rings. The van der Waals surface area contributed by atoms with Crippen molar-refractivity contribution in [3.05, 3.63) is 29.3 Å². The Morgan fingerprint density at radius 1 is 0.868 bits per heavy atom. The number of fused-ring (bicyclic) bond motifs is 5. The first-order chi connectivity index (χ1) is 24.7. The van der Waals surface area contributed by atoms with Crippen molar-refractivity contribution in [2.45, 2.75) is 154 Å². The molecule has 3 aliphatic carbocycles. The summed E-state index contributed by atoms with van der Waals surface area (Å²) < 4.78 is 47.8. The van der Waals surface area contributed by atoms with Crippen molar-refractivity contribution >= 4 is 38.2 Å². The highest BCUT2D eigenvalue weighted by atomic mass is 28.4. The first kappa shape index (κ1) is 40.8. The predicted octanol–water partition coefficient (Wildman–Crippen LogP) is 5.55. The molecule has 0 radical (unpaired) electrons. The molecular weight excluding hydrogens is 705 g/mol. The smallest absolute Gasteiger partial charge is 0.339 e. The molecule has 4 aliphatic rings. The summed E-state index contributed by atoms with van der Waals surface area (Å²) in [5, 5.41) is -0.118. The van der Waals surface area contributed by atoms with Gasteiger partial charge in [0.25, 0.3) is 0 Å². The van der Waals surface area contributed by atoms with Gasteiger partial charge in [0.2, 0.25) is 0 Å². The number of hydrogen-bond donors (Lipinski definition) is 0. The Morgan fingerprint density at radius 3 is 2.08 bits per heavy atom. The van der Waals surface area contributed by atoms with Crippen LogP contribution < -0.4 is 4.74 Å². The van der Waals surface area contributed by atoms with Crippen molar-refractivity contribution in [1.82, 2.24) is 0 Å². The highest BCUT2D eigenvalue weighted by Crippen LogP contribution is 2.63. The maximum Gasteiger partial charge on any atom is 0.339 e. The van der Waals surface area contributed by atoms with Crippen LogP contribution in [0.2, 0.25) is 18.1 Å². The second-order valence-corrected chi connectivity index (χ2v) is 21.5. The fourth-order valence-corrected chi connectivity index (χ4v) is 10.3. The van der Waals surface area contributed by atoms with Crippen molar-refractivity contribution in [3.63, 3.8) is 0 Å². The summed E-state index contributed by atoms with van der Waals surface area (Å²) in [6, 6.07) is 5.96. The summed E-state index contributed by atoms with van der Waals surface area (Å²) in [6.45, 7) is 18.1. The van der Waals surface area contributed by atoms with E-state index in [0.717, 1.165) is 46.6 Å². The molecule has 1 aromatic carbocycles. The van der Waals surface area contributed by atoms with Crippen LogP contribution in [0, 0.1) is 17.3 Å².